The minimum atomic E-state index is -3.69. The van der Waals surface area contributed by atoms with Crippen LogP contribution < -0.4 is 5.32 Å². The molecule has 6 nitrogen and oxygen atoms in total. The lowest BCUT2D eigenvalue weighted by atomic mass is 10.4. The standard InChI is InChI=1S/C17H23Cl3NO5PS/c1-4-25-27(23,26-5-2)15(21-16(22)24-12-17(18,19)20)11-13(3)28-14-9-7-6-8-10-14/h6-10,15H,3-5,11-12H2,1-2H3,(H,21,22)/t15-/m0/s1. The van der Waals surface area contributed by atoms with Crippen molar-refractivity contribution in [2.75, 3.05) is 19.8 Å². The van der Waals surface area contributed by atoms with Crippen LogP contribution in [0.3, 0.4) is 0 Å². The highest BCUT2D eigenvalue weighted by molar-refractivity contribution is 8.03. The first-order chi connectivity index (χ1) is 13.1. The van der Waals surface area contributed by atoms with Crippen molar-refractivity contribution >= 4 is 60.3 Å². The Morgan fingerprint density at radius 3 is 2.29 bits per heavy atom. The number of rotatable bonds is 11. The molecule has 0 heterocycles. The molecule has 0 radical (unpaired) electrons. The number of benzene rings is 1. The molecule has 1 atom stereocenters. The fourth-order valence-electron chi connectivity index (χ4n) is 2.06. The van der Waals surface area contributed by atoms with Crippen molar-refractivity contribution in [3.63, 3.8) is 0 Å². The molecule has 11 heteroatoms. The van der Waals surface area contributed by atoms with Gasteiger partial charge in [0, 0.05) is 11.3 Å². The summed E-state index contributed by atoms with van der Waals surface area (Å²) in [6.07, 6.45) is -0.784. The Morgan fingerprint density at radius 2 is 1.79 bits per heavy atom. The van der Waals surface area contributed by atoms with Crippen molar-refractivity contribution in [3.8, 4) is 0 Å². The molecule has 0 saturated carbocycles. The highest BCUT2D eigenvalue weighted by Gasteiger charge is 2.38. The Hall–Kier alpha value is -0.400. The van der Waals surface area contributed by atoms with Crippen LogP contribution in [-0.2, 0) is 18.3 Å². The molecule has 0 aliphatic heterocycles. The van der Waals surface area contributed by atoms with Gasteiger partial charge in [-0.3, -0.25) is 4.57 Å². The van der Waals surface area contributed by atoms with Gasteiger partial charge in [-0.05, 0) is 30.9 Å². The molecular formula is C17H23Cl3NO5PS. The normalized spacial score (nSPS) is 13.0. The summed E-state index contributed by atoms with van der Waals surface area (Å²) in [6.45, 7) is 7.15. The van der Waals surface area contributed by atoms with Crippen molar-refractivity contribution in [2.45, 2.75) is 34.7 Å². The van der Waals surface area contributed by atoms with Crippen LogP contribution in [0.5, 0.6) is 0 Å². The fourth-order valence-corrected chi connectivity index (χ4v) is 5.08. The van der Waals surface area contributed by atoms with Gasteiger partial charge in [-0.25, -0.2) is 4.79 Å². The van der Waals surface area contributed by atoms with E-state index in [0.29, 0.717) is 4.91 Å². The zero-order valence-corrected chi connectivity index (χ0v) is 19.5. The van der Waals surface area contributed by atoms with Gasteiger partial charge in [0.1, 0.15) is 12.4 Å². The lowest BCUT2D eigenvalue weighted by Gasteiger charge is -2.27. The predicted molar refractivity (Wildman–Crippen MR) is 115 cm³/mol. The zero-order chi connectivity index (χ0) is 21.2. The number of carbonyl (C=O) groups excluding carboxylic acids is 1. The maximum atomic E-state index is 13.2. The van der Waals surface area contributed by atoms with E-state index in [1.807, 2.05) is 30.3 Å². The van der Waals surface area contributed by atoms with Crippen molar-refractivity contribution in [3.05, 3.63) is 41.8 Å². The zero-order valence-electron chi connectivity index (χ0n) is 15.5. The Labute approximate surface area is 184 Å². The van der Waals surface area contributed by atoms with Gasteiger partial charge >= 0.3 is 13.7 Å². The maximum absolute atomic E-state index is 13.2. The first kappa shape index (κ1) is 25.6. The first-order valence-corrected chi connectivity index (χ1v) is 12.0. The van der Waals surface area contributed by atoms with Gasteiger partial charge in [-0.1, -0.05) is 71.3 Å². The molecule has 0 bridgehead atoms. The number of amides is 1. The van der Waals surface area contributed by atoms with E-state index < -0.39 is 29.9 Å². The summed E-state index contributed by atoms with van der Waals surface area (Å²) in [5, 5.41) is 2.49. The third-order valence-electron chi connectivity index (χ3n) is 3.08. The minimum absolute atomic E-state index is 0.125. The summed E-state index contributed by atoms with van der Waals surface area (Å²) in [6, 6.07) is 9.52. The van der Waals surface area contributed by atoms with Crippen LogP contribution in [0.4, 0.5) is 4.79 Å². The monoisotopic (exact) mass is 489 g/mol. The number of hydrogen-bond acceptors (Lipinski definition) is 6. The van der Waals surface area contributed by atoms with E-state index in [0.717, 1.165) is 4.90 Å². The van der Waals surface area contributed by atoms with E-state index in [1.165, 1.54) is 11.8 Å². The molecule has 0 fully saturated rings. The second-order valence-electron chi connectivity index (χ2n) is 5.38. The van der Waals surface area contributed by atoms with E-state index in [1.54, 1.807) is 13.8 Å². The van der Waals surface area contributed by atoms with Crippen LogP contribution in [0.2, 0.25) is 0 Å². The topological polar surface area (TPSA) is 73.9 Å². The number of thioether (sulfide) groups is 1. The number of halogens is 3. The summed E-state index contributed by atoms with van der Waals surface area (Å²) in [5.74, 6) is -1.01. The van der Waals surface area contributed by atoms with Crippen LogP contribution in [0.25, 0.3) is 0 Å². The summed E-state index contributed by atoms with van der Waals surface area (Å²) in [7, 11) is -3.69. The largest absolute Gasteiger partial charge is 0.445 e. The summed E-state index contributed by atoms with van der Waals surface area (Å²) in [5.41, 5.74) is 0. The third-order valence-corrected chi connectivity index (χ3v) is 6.68. The lowest BCUT2D eigenvalue weighted by Crippen LogP contribution is -2.37. The molecule has 0 saturated heterocycles. The molecule has 158 valence electrons. The van der Waals surface area contributed by atoms with Gasteiger partial charge in [0.05, 0.1) is 13.2 Å². The Balaban J connectivity index is 2.91. The van der Waals surface area contributed by atoms with Crippen LogP contribution >= 0.6 is 54.2 Å². The molecule has 1 aromatic rings. The maximum Gasteiger partial charge on any atom is 0.408 e. The molecule has 1 amide bonds. The second kappa shape index (κ2) is 12.3. The number of carbonyl (C=O) groups is 1. The highest BCUT2D eigenvalue weighted by Crippen LogP contribution is 2.54. The SMILES string of the molecule is C=C(C[C@@H](NC(=O)OCC(Cl)(Cl)Cl)P(=O)(OCC)OCC)Sc1ccccc1. The average molecular weight is 491 g/mol. The van der Waals surface area contributed by atoms with E-state index in [-0.39, 0.29) is 19.6 Å². The van der Waals surface area contributed by atoms with Crippen LogP contribution in [0.15, 0.2) is 46.7 Å². The van der Waals surface area contributed by atoms with E-state index in [9.17, 15) is 9.36 Å². The van der Waals surface area contributed by atoms with Gasteiger partial charge < -0.3 is 19.1 Å². The molecule has 0 aliphatic carbocycles. The fraction of sp³-hybridized carbons (Fsp3) is 0.471. The number of ether oxygens (including phenoxy) is 1. The van der Waals surface area contributed by atoms with Crippen LogP contribution in [0.1, 0.15) is 20.3 Å². The highest BCUT2D eigenvalue weighted by atomic mass is 35.6. The summed E-state index contributed by atoms with van der Waals surface area (Å²) < 4.78 is 27.0. The van der Waals surface area contributed by atoms with Crippen LogP contribution in [0, 0.1) is 0 Å². The molecule has 1 N–H and O–H groups in total. The van der Waals surface area contributed by atoms with Gasteiger partial charge in [0.25, 0.3) is 0 Å². The molecule has 0 spiro atoms. The molecule has 28 heavy (non-hydrogen) atoms. The van der Waals surface area contributed by atoms with Crippen molar-refractivity contribution in [2.24, 2.45) is 0 Å². The number of hydrogen-bond donors (Lipinski definition) is 1. The number of alkyl halides is 3. The minimum Gasteiger partial charge on any atom is -0.445 e. The summed E-state index contributed by atoms with van der Waals surface area (Å²) in [4.78, 5) is 13.7. The third kappa shape index (κ3) is 9.88. The molecule has 0 aliphatic rings. The molecule has 1 aromatic carbocycles. The van der Waals surface area contributed by atoms with Crippen molar-refractivity contribution in [1.29, 1.82) is 0 Å². The van der Waals surface area contributed by atoms with Gasteiger partial charge in [0.2, 0.25) is 3.79 Å². The Morgan fingerprint density at radius 1 is 1.21 bits per heavy atom. The average Bonchev–Trinajstić information content (AvgIpc) is 2.60. The van der Waals surface area contributed by atoms with Crippen LogP contribution in [-0.4, -0.2) is 35.5 Å². The van der Waals surface area contributed by atoms with Gasteiger partial charge in [0.15, 0.2) is 0 Å². The Bertz CT molecular complexity index is 677. The van der Waals surface area contributed by atoms with E-state index in [2.05, 4.69) is 11.9 Å². The molecule has 0 unspecified atom stereocenters. The van der Waals surface area contributed by atoms with Gasteiger partial charge in [-0.2, -0.15) is 0 Å². The summed E-state index contributed by atoms with van der Waals surface area (Å²) >= 11 is 18.1. The lowest BCUT2D eigenvalue weighted by molar-refractivity contribution is 0.142. The number of nitrogens with one attached hydrogen (secondary N) is 1. The smallest absolute Gasteiger partial charge is 0.408 e. The Kier molecular flexibility index (Phi) is 11.3. The van der Waals surface area contributed by atoms with Gasteiger partial charge in [-0.15, -0.1) is 0 Å². The van der Waals surface area contributed by atoms with Crippen molar-refractivity contribution in [1.82, 2.24) is 5.32 Å². The first-order valence-electron chi connectivity index (χ1n) is 8.39. The van der Waals surface area contributed by atoms with E-state index >= 15 is 0 Å². The predicted octanol–water partition coefficient (Wildman–Crippen LogP) is 6.37. The molecule has 0 aromatic heterocycles. The van der Waals surface area contributed by atoms with E-state index in [4.69, 9.17) is 48.6 Å². The second-order valence-corrected chi connectivity index (χ2v) is 11.4. The quantitative estimate of drug-likeness (QED) is 0.221. The number of alkyl carbamates (subject to hydrolysis) is 1. The molecular weight excluding hydrogens is 468 g/mol. The van der Waals surface area contributed by atoms with Crippen molar-refractivity contribution < 1.29 is 23.1 Å². The molecule has 1 rings (SSSR count).